The first-order valence-corrected chi connectivity index (χ1v) is 11.1. The van der Waals surface area contributed by atoms with Gasteiger partial charge in [0.05, 0.1) is 20.4 Å². The molecule has 4 rings (SSSR count). The van der Waals surface area contributed by atoms with E-state index in [9.17, 15) is 14.0 Å². The molecule has 6 nitrogen and oxygen atoms in total. The Balaban J connectivity index is 1.99. The lowest BCUT2D eigenvalue weighted by molar-refractivity contribution is 0.00694. The fraction of sp³-hybridized carbons (Fsp3) is 0.241. The normalized spacial score (nSPS) is 14.2. The Morgan fingerprint density at radius 1 is 1.08 bits per heavy atom. The van der Waals surface area contributed by atoms with Crippen LogP contribution >= 0.6 is 0 Å². The van der Waals surface area contributed by atoms with Gasteiger partial charge in [0.15, 0.2) is 0 Å². The molecule has 0 atom stereocenters. The summed E-state index contributed by atoms with van der Waals surface area (Å²) in [5.41, 5.74) is 0.580. The first-order chi connectivity index (χ1) is 19.0. The van der Waals surface area contributed by atoms with E-state index in [2.05, 4.69) is 5.32 Å². The number of rotatable bonds is 6. The number of hydrogen-bond donors (Lipinski definition) is 1. The molecule has 3 aromatic carbocycles. The predicted molar refractivity (Wildman–Crippen MR) is 137 cm³/mol. The molecule has 4 aromatic rings. The molecule has 0 aliphatic rings. The largest absolute Gasteiger partial charge is 0.493 e. The van der Waals surface area contributed by atoms with Gasteiger partial charge in [0.1, 0.15) is 28.5 Å². The summed E-state index contributed by atoms with van der Waals surface area (Å²) in [6.45, 7) is -1.07. The Labute approximate surface area is 216 Å². The smallest absolute Gasteiger partial charge is 0.338 e. The van der Waals surface area contributed by atoms with Crippen LogP contribution in [0.3, 0.4) is 0 Å². The van der Waals surface area contributed by atoms with Crippen molar-refractivity contribution < 1.29 is 34.7 Å². The molecule has 0 bridgehead atoms. The maximum atomic E-state index is 13.6. The Hall–Kier alpha value is -4.13. The summed E-state index contributed by atoms with van der Waals surface area (Å²) in [6, 6.07) is 14.3. The van der Waals surface area contributed by atoms with Gasteiger partial charge in [-0.05, 0) is 75.7 Å². The van der Waals surface area contributed by atoms with Crippen molar-refractivity contribution in [2.45, 2.75) is 33.2 Å². The molecule has 0 saturated heterocycles. The maximum Gasteiger partial charge on any atom is 0.338 e. The number of nitrogens with one attached hydrogen (secondary N) is 1. The maximum absolute atomic E-state index is 13.6. The predicted octanol–water partition coefficient (Wildman–Crippen LogP) is 6.62. The van der Waals surface area contributed by atoms with Crippen molar-refractivity contribution >= 4 is 22.8 Å². The van der Waals surface area contributed by atoms with Crippen LogP contribution < -0.4 is 10.1 Å². The molecule has 7 heteroatoms. The Bertz CT molecular complexity index is 1620. The van der Waals surface area contributed by atoms with Gasteiger partial charge in [-0.1, -0.05) is 12.1 Å². The highest BCUT2D eigenvalue weighted by atomic mass is 19.1. The van der Waals surface area contributed by atoms with Crippen molar-refractivity contribution in [2.75, 3.05) is 13.6 Å². The highest BCUT2D eigenvalue weighted by molar-refractivity contribution is 6.12. The summed E-state index contributed by atoms with van der Waals surface area (Å²) in [5, 5.41) is 2.85. The number of fused-ring (bicyclic) bond motifs is 1. The van der Waals surface area contributed by atoms with Crippen molar-refractivity contribution in [1.29, 1.82) is 0 Å². The first kappa shape index (κ1) is 19.1. The number of carbonyl (C=O) groups excluding carboxylic acids is 2. The number of hydrogen-bond acceptors (Lipinski definition) is 5. The fourth-order valence-corrected chi connectivity index (χ4v) is 3.79. The number of ether oxygens (including phenoxy) is 2. The lowest BCUT2D eigenvalue weighted by Crippen LogP contribution is -2.23. The number of amides is 1. The number of furan rings is 1. The van der Waals surface area contributed by atoms with E-state index in [-0.39, 0.29) is 33.8 Å². The van der Waals surface area contributed by atoms with E-state index in [1.165, 1.54) is 49.5 Å². The zero-order valence-electron chi connectivity index (χ0n) is 25.2. The SMILES string of the molecule is [2H]C([2H])([2H])C([2H])([2H])Oc1cc2oc(-c3ccc(F)cc3)c(C(=O)NC)c2cc1-c1cccc(C(=O)OC(C)(C)C)c1. The molecular formula is C29H28FNO5. The van der Waals surface area contributed by atoms with Gasteiger partial charge in [-0.2, -0.15) is 0 Å². The van der Waals surface area contributed by atoms with Gasteiger partial charge in [-0.15, -0.1) is 0 Å². The van der Waals surface area contributed by atoms with Crippen LogP contribution in [-0.4, -0.2) is 31.1 Å². The van der Waals surface area contributed by atoms with Gasteiger partial charge < -0.3 is 19.2 Å². The molecule has 0 unspecified atom stereocenters. The van der Waals surface area contributed by atoms with Gasteiger partial charge in [0, 0.05) is 33.7 Å². The van der Waals surface area contributed by atoms with E-state index in [4.69, 9.17) is 20.7 Å². The quantitative estimate of drug-likeness (QED) is 0.305. The summed E-state index contributed by atoms with van der Waals surface area (Å²) in [5.74, 6) is -1.69. The molecule has 0 aliphatic heterocycles. The molecular weight excluding hydrogens is 461 g/mol. The third-order valence-electron chi connectivity index (χ3n) is 5.32. The lowest BCUT2D eigenvalue weighted by atomic mass is 9.98. The molecule has 1 heterocycles. The summed E-state index contributed by atoms with van der Waals surface area (Å²) >= 11 is 0. The second-order valence-electron chi connectivity index (χ2n) is 9.02. The molecule has 36 heavy (non-hydrogen) atoms. The number of halogens is 1. The molecule has 0 fully saturated rings. The molecule has 0 radical (unpaired) electrons. The average Bonchev–Trinajstić information content (AvgIpc) is 3.24. The zero-order valence-corrected chi connectivity index (χ0v) is 20.2. The summed E-state index contributed by atoms with van der Waals surface area (Å²) in [7, 11) is 1.43. The monoisotopic (exact) mass is 494 g/mol. The van der Waals surface area contributed by atoms with Gasteiger partial charge in [0.2, 0.25) is 0 Å². The van der Waals surface area contributed by atoms with Gasteiger partial charge in [0.25, 0.3) is 5.91 Å². The van der Waals surface area contributed by atoms with E-state index in [1.807, 2.05) is 0 Å². The highest BCUT2D eigenvalue weighted by Gasteiger charge is 2.24. The summed E-state index contributed by atoms with van der Waals surface area (Å²) in [6.07, 6.45) is 0. The average molecular weight is 495 g/mol. The van der Waals surface area contributed by atoms with E-state index in [1.54, 1.807) is 39.0 Å². The van der Waals surface area contributed by atoms with Crippen molar-refractivity contribution in [3.05, 3.63) is 77.6 Å². The van der Waals surface area contributed by atoms with Crippen LogP contribution in [0, 0.1) is 5.82 Å². The fourth-order valence-electron chi connectivity index (χ4n) is 3.79. The van der Waals surface area contributed by atoms with Crippen molar-refractivity contribution in [2.24, 2.45) is 0 Å². The third kappa shape index (κ3) is 5.10. The molecule has 0 aliphatic carbocycles. The van der Waals surface area contributed by atoms with Crippen LogP contribution in [-0.2, 0) is 4.74 Å². The molecule has 0 saturated carbocycles. The first-order valence-electron chi connectivity index (χ1n) is 13.6. The van der Waals surface area contributed by atoms with Crippen molar-refractivity contribution in [3.63, 3.8) is 0 Å². The minimum Gasteiger partial charge on any atom is -0.493 e. The molecule has 186 valence electrons. The van der Waals surface area contributed by atoms with Crippen LogP contribution in [0.4, 0.5) is 4.39 Å². The molecule has 1 aromatic heterocycles. The number of carbonyl (C=O) groups is 2. The van der Waals surface area contributed by atoms with Crippen molar-refractivity contribution in [1.82, 2.24) is 5.32 Å². The summed E-state index contributed by atoms with van der Waals surface area (Å²) < 4.78 is 69.5. The van der Waals surface area contributed by atoms with Crippen molar-refractivity contribution in [3.8, 4) is 28.2 Å². The Morgan fingerprint density at radius 3 is 2.50 bits per heavy atom. The standard InChI is InChI=1S/C29H28FNO5/c1-6-34-23-16-24-22(25(27(32)31-5)26(35-24)17-10-12-20(30)13-11-17)15-21(23)18-8-7-9-19(14-18)28(33)36-29(2,3)4/h7-16H,6H2,1-5H3,(H,31,32)/i1D3,6D2. The second-order valence-corrected chi connectivity index (χ2v) is 9.02. The lowest BCUT2D eigenvalue weighted by Gasteiger charge is -2.19. The topological polar surface area (TPSA) is 77.8 Å². The highest BCUT2D eigenvalue weighted by Crippen LogP contribution is 2.41. The minimum absolute atomic E-state index is 0.0892. The van der Waals surface area contributed by atoms with Gasteiger partial charge >= 0.3 is 5.97 Å². The Morgan fingerprint density at radius 2 is 1.83 bits per heavy atom. The molecule has 1 N–H and O–H groups in total. The minimum atomic E-state index is -3.15. The Kier molecular flexibility index (Phi) is 5.23. The summed E-state index contributed by atoms with van der Waals surface area (Å²) in [4.78, 5) is 25.8. The number of esters is 1. The molecule has 0 spiro atoms. The van der Waals surface area contributed by atoms with Gasteiger partial charge in [-0.3, -0.25) is 4.79 Å². The second kappa shape index (κ2) is 9.85. The van der Waals surface area contributed by atoms with E-state index < -0.39 is 36.7 Å². The van der Waals surface area contributed by atoms with Gasteiger partial charge in [-0.25, -0.2) is 9.18 Å². The van der Waals surface area contributed by atoms with Crippen LogP contribution in [0.1, 0.15) is 55.2 Å². The van der Waals surface area contributed by atoms with E-state index in [0.717, 1.165) is 0 Å². The van der Waals surface area contributed by atoms with E-state index in [0.29, 0.717) is 16.5 Å². The van der Waals surface area contributed by atoms with Crippen LogP contribution in [0.15, 0.2) is 65.1 Å². The van der Waals surface area contributed by atoms with Crippen LogP contribution in [0.5, 0.6) is 5.75 Å². The number of benzene rings is 3. The van der Waals surface area contributed by atoms with E-state index >= 15 is 0 Å². The van der Waals surface area contributed by atoms with Crippen LogP contribution in [0.2, 0.25) is 0 Å². The van der Waals surface area contributed by atoms with Crippen LogP contribution in [0.25, 0.3) is 33.4 Å². The zero-order chi connectivity index (χ0) is 30.3. The molecule has 1 amide bonds. The third-order valence-corrected chi connectivity index (χ3v) is 5.32.